The van der Waals surface area contributed by atoms with Crippen LogP contribution in [0.15, 0.2) is 23.4 Å². The molecule has 1 aromatic rings. The van der Waals surface area contributed by atoms with E-state index in [0.717, 1.165) is 6.54 Å². The van der Waals surface area contributed by atoms with Gasteiger partial charge in [-0.1, -0.05) is 20.8 Å². The Morgan fingerprint density at radius 1 is 1.53 bits per heavy atom. The van der Waals surface area contributed by atoms with Gasteiger partial charge < -0.3 is 5.32 Å². The van der Waals surface area contributed by atoms with Gasteiger partial charge >= 0.3 is 0 Å². The fourth-order valence-corrected chi connectivity index (χ4v) is 1.50. The first-order valence-corrected chi connectivity index (χ1v) is 5.39. The Balaban J connectivity index is 2.74. The van der Waals surface area contributed by atoms with Gasteiger partial charge in [0.05, 0.1) is 6.33 Å². The summed E-state index contributed by atoms with van der Waals surface area (Å²) in [5.41, 5.74) is 0.00792. The Morgan fingerprint density at radius 2 is 2.27 bits per heavy atom. The molecule has 1 atom stereocenters. The molecule has 0 aromatic carbocycles. The van der Waals surface area contributed by atoms with Crippen molar-refractivity contribution in [3.8, 4) is 0 Å². The number of hydrogen-bond donors (Lipinski definition) is 1. The lowest BCUT2D eigenvalue weighted by Crippen LogP contribution is -2.40. The summed E-state index contributed by atoms with van der Waals surface area (Å²) in [5, 5.41) is 3.37. The van der Waals surface area contributed by atoms with Crippen LogP contribution in [0.1, 0.15) is 20.8 Å². The van der Waals surface area contributed by atoms with Crippen LogP contribution in [0.5, 0.6) is 0 Å². The minimum absolute atomic E-state index is 0.00792. The van der Waals surface area contributed by atoms with Crippen LogP contribution < -0.4 is 10.9 Å². The summed E-state index contributed by atoms with van der Waals surface area (Å²) in [5.74, 6) is 0.497. The lowest BCUT2D eigenvalue weighted by molar-refractivity contribution is 0.357. The fraction of sp³-hybridized carbons (Fsp3) is 0.636. The minimum Gasteiger partial charge on any atom is -0.312 e. The standard InChI is InChI=1S/C11H19N3O/c1-4-13-10(9(2)3)7-14-8-12-6-5-11(14)15/h5-6,8-10,13H,4,7H2,1-3H3. The maximum absolute atomic E-state index is 11.5. The predicted octanol–water partition coefficient (Wildman–Crippen LogP) is 0.877. The van der Waals surface area contributed by atoms with E-state index in [0.29, 0.717) is 18.5 Å². The molecule has 0 saturated carbocycles. The molecule has 0 saturated heterocycles. The van der Waals surface area contributed by atoms with Gasteiger partial charge in [-0.3, -0.25) is 9.36 Å². The van der Waals surface area contributed by atoms with Gasteiger partial charge in [-0.15, -0.1) is 0 Å². The smallest absolute Gasteiger partial charge is 0.253 e. The van der Waals surface area contributed by atoms with Gasteiger partial charge in [0.1, 0.15) is 0 Å². The second-order valence-corrected chi connectivity index (χ2v) is 3.98. The van der Waals surface area contributed by atoms with Gasteiger partial charge in [-0.05, 0) is 12.5 Å². The summed E-state index contributed by atoms with van der Waals surface area (Å²) >= 11 is 0. The topological polar surface area (TPSA) is 46.9 Å². The number of hydrogen-bond acceptors (Lipinski definition) is 3. The van der Waals surface area contributed by atoms with Gasteiger partial charge in [0.15, 0.2) is 0 Å². The molecular formula is C11H19N3O. The van der Waals surface area contributed by atoms with Gasteiger partial charge in [0, 0.05) is 24.8 Å². The van der Waals surface area contributed by atoms with Crippen molar-refractivity contribution in [2.24, 2.45) is 5.92 Å². The summed E-state index contributed by atoms with van der Waals surface area (Å²) in [7, 11) is 0. The minimum atomic E-state index is 0.00792. The zero-order valence-electron chi connectivity index (χ0n) is 9.60. The normalized spacial score (nSPS) is 13.1. The van der Waals surface area contributed by atoms with Crippen LogP contribution in [0, 0.1) is 5.92 Å². The van der Waals surface area contributed by atoms with E-state index in [9.17, 15) is 4.79 Å². The van der Waals surface area contributed by atoms with Crippen LogP contribution in [0.3, 0.4) is 0 Å². The Morgan fingerprint density at radius 3 is 2.80 bits per heavy atom. The molecule has 1 aromatic heterocycles. The van der Waals surface area contributed by atoms with Crippen LogP contribution >= 0.6 is 0 Å². The molecule has 0 spiro atoms. The predicted molar refractivity (Wildman–Crippen MR) is 60.8 cm³/mol. The largest absolute Gasteiger partial charge is 0.312 e. The first kappa shape index (κ1) is 11.9. The third kappa shape index (κ3) is 3.47. The number of nitrogens with one attached hydrogen (secondary N) is 1. The van der Waals surface area contributed by atoms with Crippen molar-refractivity contribution in [3.63, 3.8) is 0 Å². The van der Waals surface area contributed by atoms with Crippen LogP contribution in [-0.2, 0) is 6.54 Å². The van der Waals surface area contributed by atoms with Crippen molar-refractivity contribution >= 4 is 0 Å². The van der Waals surface area contributed by atoms with E-state index in [1.54, 1.807) is 10.9 Å². The molecule has 0 aliphatic heterocycles. The van der Waals surface area contributed by atoms with Crippen molar-refractivity contribution in [1.29, 1.82) is 0 Å². The van der Waals surface area contributed by atoms with E-state index in [-0.39, 0.29) is 5.56 Å². The molecular weight excluding hydrogens is 190 g/mol. The monoisotopic (exact) mass is 209 g/mol. The van der Waals surface area contributed by atoms with Crippen LogP contribution in [0.2, 0.25) is 0 Å². The summed E-state index contributed by atoms with van der Waals surface area (Å²) in [6.45, 7) is 7.96. The molecule has 0 aliphatic carbocycles. The number of nitrogens with zero attached hydrogens (tertiary/aromatic N) is 2. The van der Waals surface area contributed by atoms with Crippen LogP contribution in [0.25, 0.3) is 0 Å². The van der Waals surface area contributed by atoms with E-state index < -0.39 is 0 Å². The number of likely N-dealkylation sites (N-methyl/N-ethyl adjacent to an activating group) is 1. The van der Waals surface area contributed by atoms with E-state index in [2.05, 4.69) is 31.1 Å². The quantitative estimate of drug-likeness (QED) is 0.783. The van der Waals surface area contributed by atoms with Crippen LogP contribution in [-0.4, -0.2) is 22.1 Å². The first-order chi connectivity index (χ1) is 7.15. The molecule has 0 bridgehead atoms. The highest BCUT2D eigenvalue weighted by Gasteiger charge is 2.12. The SMILES string of the molecule is CCNC(Cn1cnccc1=O)C(C)C. The summed E-state index contributed by atoms with van der Waals surface area (Å²) < 4.78 is 1.65. The number of aromatic nitrogens is 2. The van der Waals surface area contributed by atoms with Gasteiger partial charge in [-0.25, -0.2) is 4.98 Å². The molecule has 4 heteroatoms. The summed E-state index contributed by atoms with van der Waals surface area (Å²) in [6.07, 6.45) is 3.12. The first-order valence-electron chi connectivity index (χ1n) is 5.39. The molecule has 1 heterocycles. The average molecular weight is 209 g/mol. The average Bonchev–Trinajstić information content (AvgIpc) is 2.20. The molecule has 0 aliphatic rings. The molecule has 1 unspecified atom stereocenters. The third-order valence-electron chi connectivity index (χ3n) is 2.46. The fourth-order valence-electron chi connectivity index (χ4n) is 1.50. The Kier molecular flexibility index (Phi) is 4.49. The Labute approximate surface area is 90.3 Å². The number of rotatable bonds is 5. The second-order valence-electron chi connectivity index (χ2n) is 3.98. The molecule has 0 amide bonds. The highest BCUT2D eigenvalue weighted by Crippen LogP contribution is 2.02. The van der Waals surface area contributed by atoms with Crippen molar-refractivity contribution in [2.75, 3.05) is 6.54 Å². The zero-order valence-corrected chi connectivity index (χ0v) is 9.60. The van der Waals surface area contributed by atoms with E-state index >= 15 is 0 Å². The molecule has 1 N–H and O–H groups in total. The molecule has 4 nitrogen and oxygen atoms in total. The van der Waals surface area contributed by atoms with Crippen LogP contribution in [0.4, 0.5) is 0 Å². The third-order valence-corrected chi connectivity index (χ3v) is 2.46. The zero-order chi connectivity index (χ0) is 11.3. The van der Waals surface area contributed by atoms with Crippen molar-refractivity contribution in [3.05, 3.63) is 28.9 Å². The van der Waals surface area contributed by atoms with Gasteiger partial charge in [0.2, 0.25) is 0 Å². The lowest BCUT2D eigenvalue weighted by Gasteiger charge is -2.22. The van der Waals surface area contributed by atoms with Crippen molar-refractivity contribution < 1.29 is 0 Å². The summed E-state index contributed by atoms with van der Waals surface area (Å²) in [4.78, 5) is 15.4. The van der Waals surface area contributed by atoms with Gasteiger partial charge in [0.25, 0.3) is 5.56 Å². The maximum Gasteiger partial charge on any atom is 0.253 e. The Hall–Kier alpha value is -1.16. The molecule has 0 fully saturated rings. The van der Waals surface area contributed by atoms with E-state index in [1.807, 2.05) is 0 Å². The second kappa shape index (κ2) is 5.66. The molecule has 1 rings (SSSR count). The highest BCUT2D eigenvalue weighted by atomic mass is 16.1. The maximum atomic E-state index is 11.5. The van der Waals surface area contributed by atoms with E-state index in [1.165, 1.54) is 12.3 Å². The molecule has 0 radical (unpaired) electrons. The van der Waals surface area contributed by atoms with E-state index in [4.69, 9.17) is 0 Å². The highest BCUT2D eigenvalue weighted by molar-refractivity contribution is 4.84. The lowest BCUT2D eigenvalue weighted by atomic mass is 10.0. The molecule has 84 valence electrons. The summed E-state index contributed by atoms with van der Waals surface area (Å²) in [6, 6.07) is 1.81. The van der Waals surface area contributed by atoms with Crippen molar-refractivity contribution in [2.45, 2.75) is 33.4 Å². The van der Waals surface area contributed by atoms with Crippen molar-refractivity contribution in [1.82, 2.24) is 14.9 Å². The van der Waals surface area contributed by atoms with Gasteiger partial charge in [-0.2, -0.15) is 0 Å². The molecule has 15 heavy (non-hydrogen) atoms. The Bertz CT molecular complexity index is 346.